The second kappa shape index (κ2) is 8.87. The van der Waals surface area contributed by atoms with Gasteiger partial charge in [-0.2, -0.15) is 0 Å². The van der Waals surface area contributed by atoms with Crippen LogP contribution in [-0.4, -0.2) is 31.6 Å². The van der Waals surface area contributed by atoms with Gasteiger partial charge in [-0.15, -0.1) is 0 Å². The lowest BCUT2D eigenvalue weighted by Crippen LogP contribution is -2.37. The van der Waals surface area contributed by atoms with Crippen LogP contribution in [0.2, 0.25) is 0 Å². The lowest BCUT2D eigenvalue weighted by atomic mass is 9.86. The average Bonchev–Trinajstić information content (AvgIpc) is 2.80. The molecule has 1 heterocycles. The molecule has 0 saturated heterocycles. The quantitative estimate of drug-likeness (QED) is 0.506. The van der Waals surface area contributed by atoms with Crippen LogP contribution in [0.3, 0.4) is 0 Å². The molecule has 0 fully saturated rings. The fourth-order valence-corrected chi connectivity index (χ4v) is 4.29. The molecule has 4 rings (SSSR count). The van der Waals surface area contributed by atoms with Crippen molar-refractivity contribution in [3.63, 3.8) is 0 Å². The Bertz CT molecular complexity index is 1180. The number of hydrogen-bond donors (Lipinski definition) is 0. The summed E-state index contributed by atoms with van der Waals surface area (Å²) in [6.45, 7) is 6.82. The third-order valence-corrected chi connectivity index (χ3v) is 5.92. The number of nitrogens with zero attached hydrogens (tertiary/aromatic N) is 1. The summed E-state index contributed by atoms with van der Waals surface area (Å²) in [7, 11) is 3.22. The SMILES string of the molecule is C=Cc1cc2c(c(-c3ccc(F)cc3C)c1)CCN(Cc1cc(OC)cc(OC)c1)C2=O. The zero-order valence-electron chi connectivity index (χ0n) is 18.6. The number of halogens is 1. The van der Waals surface area contributed by atoms with Crippen LogP contribution in [0.5, 0.6) is 11.5 Å². The van der Waals surface area contributed by atoms with E-state index in [0.29, 0.717) is 36.6 Å². The normalized spacial score (nSPS) is 13.0. The van der Waals surface area contributed by atoms with Crippen molar-refractivity contribution in [3.05, 3.63) is 88.7 Å². The summed E-state index contributed by atoms with van der Waals surface area (Å²) < 4.78 is 24.4. The van der Waals surface area contributed by atoms with Crippen LogP contribution in [0, 0.1) is 12.7 Å². The van der Waals surface area contributed by atoms with Gasteiger partial charge in [0.1, 0.15) is 17.3 Å². The van der Waals surface area contributed by atoms with Crippen LogP contribution in [0.25, 0.3) is 17.2 Å². The van der Waals surface area contributed by atoms with E-state index in [1.54, 1.807) is 26.4 Å². The molecule has 1 amide bonds. The van der Waals surface area contributed by atoms with E-state index in [9.17, 15) is 9.18 Å². The van der Waals surface area contributed by atoms with E-state index >= 15 is 0 Å². The van der Waals surface area contributed by atoms with Crippen molar-refractivity contribution in [2.75, 3.05) is 20.8 Å². The molecule has 0 saturated carbocycles. The molecule has 4 nitrogen and oxygen atoms in total. The number of carbonyl (C=O) groups is 1. The molecule has 0 radical (unpaired) electrons. The first kappa shape index (κ1) is 21.6. The molecular formula is C27H26FNO3. The third-order valence-electron chi connectivity index (χ3n) is 5.92. The Labute approximate surface area is 187 Å². The molecule has 0 spiro atoms. The maximum atomic E-state index is 13.7. The van der Waals surface area contributed by atoms with Crippen molar-refractivity contribution in [2.45, 2.75) is 19.9 Å². The monoisotopic (exact) mass is 431 g/mol. The van der Waals surface area contributed by atoms with Crippen LogP contribution >= 0.6 is 0 Å². The molecule has 0 N–H and O–H groups in total. The van der Waals surface area contributed by atoms with Gasteiger partial charge >= 0.3 is 0 Å². The molecular weight excluding hydrogens is 405 g/mol. The van der Waals surface area contributed by atoms with Gasteiger partial charge in [0.15, 0.2) is 0 Å². The Kier molecular flexibility index (Phi) is 5.99. The number of rotatable bonds is 6. The number of methoxy groups -OCH3 is 2. The van der Waals surface area contributed by atoms with Crippen molar-refractivity contribution in [1.29, 1.82) is 0 Å². The van der Waals surface area contributed by atoms with Gasteiger partial charge in [0.05, 0.1) is 14.2 Å². The zero-order chi connectivity index (χ0) is 22.8. The number of ether oxygens (including phenoxy) is 2. The first-order valence-corrected chi connectivity index (χ1v) is 10.5. The highest BCUT2D eigenvalue weighted by atomic mass is 19.1. The Balaban J connectivity index is 1.73. The summed E-state index contributed by atoms with van der Waals surface area (Å²) in [5.41, 5.74) is 6.20. The fourth-order valence-electron chi connectivity index (χ4n) is 4.29. The van der Waals surface area contributed by atoms with Crippen molar-refractivity contribution in [1.82, 2.24) is 4.90 Å². The number of amides is 1. The molecule has 0 unspecified atom stereocenters. The van der Waals surface area contributed by atoms with Gasteiger partial charge in [-0.3, -0.25) is 4.79 Å². The van der Waals surface area contributed by atoms with Gasteiger partial charge in [-0.1, -0.05) is 18.7 Å². The average molecular weight is 432 g/mol. The topological polar surface area (TPSA) is 38.8 Å². The number of benzene rings is 3. The largest absolute Gasteiger partial charge is 0.497 e. The highest BCUT2D eigenvalue weighted by molar-refractivity contribution is 5.99. The molecule has 164 valence electrons. The highest BCUT2D eigenvalue weighted by Crippen LogP contribution is 2.35. The molecule has 0 atom stereocenters. The third kappa shape index (κ3) is 4.11. The number of fused-ring (bicyclic) bond motifs is 1. The van der Waals surface area contributed by atoms with E-state index in [4.69, 9.17) is 9.47 Å². The highest BCUT2D eigenvalue weighted by Gasteiger charge is 2.28. The van der Waals surface area contributed by atoms with Gasteiger partial charge in [-0.05, 0) is 83.1 Å². The standard InChI is InChI=1S/C27H26FNO3/c1-5-18-13-25(23-7-6-20(28)10-17(23)2)24-8-9-29(27(30)26(24)14-18)16-19-11-21(31-3)15-22(12-19)32-4/h5-7,10-15H,1,8-9,16H2,2-4H3. The summed E-state index contributed by atoms with van der Waals surface area (Å²) in [4.78, 5) is 15.3. The minimum absolute atomic E-state index is 0.0299. The number of hydrogen-bond acceptors (Lipinski definition) is 3. The minimum atomic E-state index is -0.268. The molecule has 32 heavy (non-hydrogen) atoms. The predicted octanol–water partition coefficient (Wildman–Crippen LogP) is 5.66. The van der Waals surface area contributed by atoms with Gasteiger partial charge in [0.25, 0.3) is 5.91 Å². The van der Waals surface area contributed by atoms with Crippen molar-refractivity contribution >= 4 is 12.0 Å². The maximum Gasteiger partial charge on any atom is 0.254 e. The second-order valence-electron chi connectivity index (χ2n) is 7.96. The van der Waals surface area contributed by atoms with E-state index in [2.05, 4.69) is 6.58 Å². The number of aryl methyl sites for hydroxylation is 1. The minimum Gasteiger partial charge on any atom is -0.497 e. The summed E-state index contributed by atoms with van der Waals surface area (Å²) >= 11 is 0. The van der Waals surface area contributed by atoms with Crippen molar-refractivity contribution in [2.24, 2.45) is 0 Å². The molecule has 3 aromatic rings. The second-order valence-corrected chi connectivity index (χ2v) is 7.96. The lowest BCUT2D eigenvalue weighted by molar-refractivity contribution is 0.0727. The molecule has 0 aromatic heterocycles. The van der Waals surface area contributed by atoms with E-state index in [-0.39, 0.29) is 11.7 Å². The van der Waals surface area contributed by atoms with Gasteiger partial charge in [-0.25, -0.2) is 4.39 Å². The molecule has 0 aliphatic carbocycles. The first-order valence-electron chi connectivity index (χ1n) is 10.5. The van der Waals surface area contributed by atoms with Crippen LogP contribution in [-0.2, 0) is 13.0 Å². The molecule has 5 heteroatoms. The molecule has 1 aliphatic rings. The first-order chi connectivity index (χ1) is 15.4. The Morgan fingerprint density at radius 1 is 1.00 bits per heavy atom. The summed E-state index contributed by atoms with van der Waals surface area (Å²) in [6.07, 6.45) is 2.45. The molecule has 3 aromatic carbocycles. The Morgan fingerprint density at radius 3 is 2.31 bits per heavy atom. The van der Waals surface area contributed by atoms with Crippen LogP contribution < -0.4 is 9.47 Å². The zero-order valence-corrected chi connectivity index (χ0v) is 18.6. The lowest BCUT2D eigenvalue weighted by Gasteiger charge is -2.31. The maximum absolute atomic E-state index is 13.7. The Morgan fingerprint density at radius 2 is 1.69 bits per heavy atom. The van der Waals surface area contributed by atoms with Crippen LogP contribution in [0.15, 0.2) is 55.1 Å². The summed E-state index contributed by atoms with van der Waals surface area (Å²) in [6, 6.07) is 14.3. The molecule has 0 bridgehead atoms. The van der Waals surface area contributed by atoms with Crippen molar-refractivity contribution < 1.29 is 18.7 Å². The van der Waals surface area contributed by atoms with E-state index < -0.39 is 0 Å². The van der Waals surface area contributed by atoms with E-state index in [1.807, 2.05) is 42.2 Å². The smallest absolute Gasteiger partial charge is 0.254 e. The summed E-state index contributed by atoms with van der Waals surface area (Å²) in [5, 5.41) is 0. The van der Waals surface area contributed by atoms with E-state index in [1.165, 1.54) is 12.1 Å². The van der Waals surface area contributed by atoms with Crippen LogP contribution in [0.4, 0.5) is 4.39 Å². The van der Waals surface area contributed by atoms with Crippen LogP contribution in [0.1, 0.15) is 32.6 Å². The van der Waals surface area contributed by atoms with Crippen molar-refractivity contribution in [3.8, 4) is 22.6 Å². The van der Waals surface area contributed by atoms with Gasteiger partial charge < -0.3 is 14.4 Å². The fraction of sp³-hybridized carbons (Fsp3) is 0.222. The van der Waals surface area contributed by atoms with E-state index in [0.717, 1.165) is 33.4 Å². The Hall–Kier alpha value is -3.60. The van der Waals surface area contributed by atoms with Gasteiger partial charge in [0.2, 0.25) is 0 Å². The number of carbonyl (C=O) groups excluding carboxylic acids is 1. The molecule has 1 aliphatic heterocycles. The summed E-state index contributed by atoms with van der Waals surface area (Å²) in [5.74, 6) is 1.08. The predicted molar refractivity (Wildman–Crippen MR) is 125 cm³/mol. The van der Waals surface area contributed by atoms with Gasteiger partial charge in [0, 0.05) is 24.7 Å².